The zero-order valence-corrected chi connectivity index (χ0v) is 9.41. The van der Waals surface area contributed by atoms with Crippen LogP contribution in [0.2, 0.25) is 0 Å². The van der Waals surface area contributed by atoms with Crippen LogP contribution < -0.4 is 11.3 Å². The molecule has 0 fully saturated rings. The lowest BCUT2D eigenvalue weighted by Gasteiger charge is -2.07. The number of nitrogens with one attached hydrogen (secondary N) is 1. The van der Waals surface area contributed by atoms with Crippen molar-refractivity contribution in [2.45, 2.75) is 0 Å². The molecule has 6 N–H and O–H groups in total. The number of hydrogen-bond donors (Lipinski definition) is 5. The van der Waals surface area contributed by atoms with E-state index < -0.39 is 23.4 Å². The van der Waals surface area contributed by atoms with Crippen LogP contribution in [0.4, 0.5) is 0 Å². The van der Waals surface area contributed by atoms with Crippen LogP contribution in [0.1, 0.15) is 20.8 Å². The first-order valence-corrected chi connectivity index (χ1v) is 5.05. The zero-order valence-electron chi connectivity index (χ0n) is 9.41. The second kappa shape index (κ2) is 4.42. The van der Waals surface area contributed by atoms with E-state index in [0.29, 0.717) is 0 Å². The van der Waals surface area contributed by atoms with Gasteiger partial charge in [0.1, 0.15) is 5.69 Å². The van der Waals surface area contributed by atoms with Gasteiger partial charge in [-0.3, -0.25) is 10.2 Å². The lowest BCUT2D eigenvalue weighted by molar-refractivity contribution is 0.0690. The molecule has 0 radical (unpaired) electrons. The van der Waals surface area contributed by atoms with Crippen LogP contribution in [0, 0.1) is 0 Å². The molecule has 0 saturated carbocycles. The highest BCUT2D eigenvalue weighted by Gasteiger charge is 2.19. The van der Waals surface area contributed by atoms with E-state index >= 15 is 0 Å². The highest BCUT2D eigenvalue weighted by Crippen LogP contribution is 2.30. The summed E-state index contributed by atoms with van der Waals surface area (Å²) in [6, 6.07) is 3.42. The van der Waals surface area contributed by atoms with E-state index in [0.717, 1.165) is 18.2 Å². The summed E-state index contributed by atoms with van der Waals surface area (Å²) in [6.07, 6.45) is 0. The van der Waals surface area contributed by atoms with Crippen molar-refractivity contribution in [1.29, 1.82) is 0 Å². The van der Waals surface area contributed by atoms with E-state index in [1.54, 1.807) is 5.43 Å². The second-order valence-corrected chi connectivity index (χ2v) is 3.70. The highest BCUT2D eigenvalue weighted by atomic mass is 16.4. The number of carboxylic acid groups (broad SMARTS) is 1. The molecule has 8 heteroatoms. The number of nitrogens with zero attached hydrogens (tertiary/aromatic N) is 1. The molecule has 1 aromatic heterocycles. The molecule has 0 unspecified atom stereocenters. The third-order valence-electron chi connectivity index (χ3n) is 2.49. The van der Waals surface area contributed by atoms with Crippen molar-refractivity contribution in [3.05, 3.63) is 29.5 Å². The first-order valence-electron chi connectivity index (χ1n) is 5.05. The number of amides is 1. The largest absolute Gasteiger partial charge is 0.504 e. The van der Waals surface area contributed by atoms with E-state index in [4.69, 9.17) is 10.9 Å². The average molecular weight is 263 g/mol. The predicted octanol–water partition coefficient (Wildman–Crippen LogP) is -0.0523. The quantitative estimate of drug-likeness (QED) is 0.221. The molecule has 1 amide bonds. The fourth-order valence-corrected chi connectivity index (χ4v) is 1.60. The summed E-state index contributed by atoms with van der Waals surface area (Å²) in [6.45, 7) is 0. The van der Waals surface area contributed by atoms with Crippen molar-refractivity contribution in [2.75, 3.05) is 0 Å². The van der Waals surface area contributed by atoms with Gasteiger partial charge in [0.05, 0.1) is 11.1 Å². The normalized spacial score (nSPS) is 10.4. The number of benzene rings is 1. The van der Waals surface area contributed by atoms with E-state index in [1.165, 1.54) is 0 Å². The van der Waals surface area contributed by atoms with Gasteiger partial charge in [0, 0.05) is 11.5 Å². The Hall–Kier alpha value is -2.87. The Labute approximate surface area is 106 Å². The molecule has 2 rings (SSSR count). The molecular weight excluding hydrogens is 254 g/mol. The summed E-state index contributed by atoms with van der Waals surface area (Å²) in [5, 5.41) is 28.0. The van der Waals surface area contributed by atoms with E-state index in [2.05, 4.69) is 4.98 Å². The number of pyridine rings is 1. The number of nitrogens with two attached hydrogens (primary N) is 1. The van der Waals surface area contributed by atoms with Gasteiger partial charge < -0.3 is 15.3 Å². The lowest BCUT2D eigenvalue weighted by atomic mass is 10.1. The Balaban J connectivity index is 2.80. The molecule has 1 aromatic carbocycles. The third-order valence-corrected chi connectivity index (χ3v) is 2.49. The van der Waals surface area contributed by atoms with E-state index in [-0.39, 0.29) is 22.2 Å². The van der Waals surface area contributed by atoms with Gasteiger partial charge in [-0.25, -0.2) is 15.6 Å². The molecule has 98 valence electrons. The number of phenols is 2. The molecule has 0 aliphatic heterocycles. The average Bonchev–Trinajstić information content (AvgIpc) is 2.37. The fraction of sp³-hybridized carbons (Fsp3) is 0. The van der Waals surface area contributed by atoms with Gasteiger partial charge in [-0.05, 0) is 12.1 Å². The summed E-state index contributed by atoms with van der Waals surface area (Å²) >= 11 is 0. The predicted molar refractivity (Wildman–Crippen MR) is 63.7 cm³/mol. The van der Waals surface area contributed by atoms with Crippen LogP contribution in [0.15, 0.2) is 18.2 Å². The molecule has 0 spiro atoms. The molecule has 0 bridgehead atoms. The topological polar surface area (TPSA) is 146 Å². The Kier molecular flexibility index (Phi) is 2.93. The van der Waals surface area contributed by atoms with Crippen molar-refractivity contribution in [1.82, 2.24) is 10.4 Å². The molecule has 0 aliphatic carbocycles. The summed E-state index contributed by atoms with van der Waals surface area (Å²) in [4.78, 5) is 26.4. The molecule has 2 aromatic rings. The molecular formula is C11H9N3O5. The summed E-state index contributed by atoms with van der Waals surface area (Å²) in [5.41, 5.74) is 1.20. The number of aromatic hydroxyl groups is 2. The number of aromatic carboxylic acids is 1. The van der Waals surface area contributed by atoms with Crippen LogP contribution in [0.5, 0.6) is 11.5 Å². The van der Waals surface area contributed by atoms with Crippen LogP contribution in [-0.2, 0) is 0 Å². The van der Waals surface area contributed by atoms with Crippen molar-refractivity contribution in [3.63, 3.8) is 0 Å². The first kappa shape index (κ1) is 12.6. The maximum atomic E-state index is 11.5. The molecule has 19 heavy (non-hydrogen) atoms. The number of carboxylic acids is 1. The van der Waals surface area contributed by atoms with Gasteiger partial charge in [-0.2, -0.15) is 0 Å². The summed E-state index contributed by atoms with van der Waals surface area (Å²) in [5.74, 6) is 1.88. The Morgan fingerprint density at radius 2 is 1.79 bits per heavy atom. The number of carbonyl (C=O) groups is 2. The fourth-order valence-electron chi connectivity index (χ4n) is 1.60. The van der Waals surface area contributed by atoms with Gasteiger partial charge in [0.2, 0.25) is 0 Å². The minimum atomic E-state index is -1.36. The minimum absolute atomic E-state index is 0.152. The number of fused-ring (bicyclic) bond motifs is 1. The van der Waals surface area contributed by atoms with Crippen LogP contribution >= 0.6 is 0 Å². The third kappa shape index (κ3) is 2.11. The van der Waals surface area contributed by atoms with Crippen molar-refractivity contribution < 1.29 is 24.9 Å². The monoisotopic (exact) mass is 263 g/mol. The minimum Gasteiger partial charge on any atom is -0.504 e. The maximum Gasteiger partial charge on any atom is 0.338 e. The first-order chi connectivity index (χ1) is 8.93. The van der Waals surface area contributed by atoms with E-state index in [1.807, 2.05) is 0 Å². The Morgan fingerprint density at radius 3 is 2.37 bits per heavy atom. The van der Waals surface area contributed by atoms with Gasteiger partial charge in [-0.1, -0.05) is 0 Å². The van der Waals surface area contributed by atoms with Crippen molar-refractivity contribution in [3.8, 4) is 11.5 Å². The smallest absolute Gasteiger partial charge is 0.338 e. The standard InChI is InChI=1S/C11H9N3O5/c12-14-10(17)9-5(11(18)19)1-4-2-7(15)8(16)3-6(4)13-9/h1-3,15-16H,12H2,(H,14,17)(H,18,19). The van der Waals surface area contributed by atoms with Gasteiger partial charge in [0.25, 0.3) is 5.91 Å². The lowest BCUT2D eigenvalue weighted by Crippen LogP contribution is -2.32. The molecule has 0 aliphatic rings. The van der Waals surface area contributed by atoms with Crippen LogP contribution in [0.25, 0.3) is 10.9 Å². The van der Waals surface area contributed by atoms with Crippen molar-refractivity contribution >= 4 is 22.8 Å². The SMILES string of the molecule is NNC(=O)c1nc2cc(O)c(O)cc2cc1C(=O)O. The number of nitrogen functional groups attached to an aromatic ring is 1. The summed E-state index contributed by atoms with van der Waals surface area (Å²) in [7, 11) is 0. The number of rotatable bonds is 2. The second-order valence-electron chi connectivity index (χ2n) is 3.70. The summed E-state index contributed by atoms with van der Waals surface area (Å²) < 4.78 is 0. The zero-order chi connectivity index (χ0) is 14.2. The van der Waals surface area contributed by atoms with Crippen LogP contribution in [-0.4, -0.2) is 32.2 Å². The van der Waals surface area contributed by atoms with Crippen LogP contribution in [0.3, 0.4) is 0 Å². The molecule has 0 atom stereocenters. The van der Waals surface area contributed by atoms with E-state index in [9.17, 15) is 19.8 Å². The number of aromatic nitrogens is 1. The number of hydrazine groups is 1. The Bertz CT molecular complexity index is 698. The van der Waals surface area contributed by atoms with Gasteiger partial charge in [0.15, 0.2) is 11.5 Å². The number of phenolic OH excluding ortho intramolecular Hbond substituents is 2. The molecule has 1 heterocycles. The van der Waals surface area contributed by atoms with Gasteiger partial charge in [-0.15, -0.1) is 0 Å². The highest BCUT2D eigenvalue weighted by molar-refractivity contribution is 6.06. The van der Waals surface area contributed by atoms with Crippen molar-refractivity contribution in [2.24, 2.45) is 5.84 Å². The number of hydrogen-bond acceptors (Lipinski definition) is 6. The molecule has 8 nitrogen and oxygen atoms in total. The number of carbonyl (C=O) groups excluding carboxylic acids is 1. The van der Waals surface area contributed by atoms with Gasteiger partial charge >= 0.3 is 5.97 Å². The molecule has 0 saturated heterocycles. The Morgan fingerprint density at radius 1 is 1.16 bits per heavy atom. The maximum absolute atomic E-state index is 11.5.